The molecule has 0 aliphatic heterocycles. The van der Waals surface area contributed by atoms with Crippen molar-refractivity contribution in [2.75, 3.05) is 0 Å². The molecule has 2 unspecified atom stereocenters. The van der Waals surface area contributed by atoms with Gasteiger partial charge in [0, 0.05) is 0 Å². The number of aliphatic hydroxyl groups excluding tert-OH is 2. The highest BCUT2D eigenvalue weighted by atomic mass is 16.3. The highest BCUT2D eigenvalue weighted by Gasteiger charge is 2.32. The molecule has 0 aromatic heterocycles. The molecule has 2 heteroatoms. The van der Waals surface area contributed by atoms with Crippen LogP contribution >= 0.6 is 0 Å². The molecule has 2 nitrogen and oxygen atoms in total. The standard InChI is InChI=1S/C14H16O2/c15-13-9-5-1-2-6-10(9)14(16)12-8-4-3-7-11(12)13/h1-2,5-6,13-16H,3-4,7-8H2. The Kier molecular flexibility index (Phi) is 2.34. The number of fused-ring (bicyclic) bond motifs is 1. The molecule has 0 bridgehead atoms. The summed E-state index contributed by atoms with van der Waals surface area (Å²) >= 11 is 0. The van der Waals surface area contributed by atoms with E-state index >= 15 is 0 Å². The predicted octanol–water partition coefficient (Wildman–Crippen LogP) is 2.64. The van der Waals surface area contributed by atoms with Gasteiger partial charge < -0.3 is 10.2 Å². The summed E-state index contributed by atoms with van der Waals surface area (Å²) in [6.07, 6.45) is 3.14. The summed E-state index contributed by atoms with van der Waals surface area (Å²) < 4.78 is 0. The zero-order valence-corrected chi connectivity index (χ0v) is 9.19. The van der Waals surface area contributed by atoms with Crippen LogP contribution in [0.3, 0.4) is 0 Å². The Morgan fingerprint density at radius 2 is 1.25 bits per heavy atom. The Balaban J connectivity index is 2.14. The lowest BCUT2D eigenvalue weighted by Crippen LogP contribution is -2.21. The number of rotatable bonds is 0. The van der Waals surface area contributed by atoms with Gasteiger partial charge in [0.25, 0.3) is 0 Å². The Hall–Kier alpha value is -1.12. The summed E-state index contributed by atoms with van der Waals surface area (Å²) in [5.41, 5.74) is 3.90. The molecule has 3 rings (SSSR count). The normalized spacial score (nSPS) is 28.6. The van der Waals surface area contributed by atoms with Crippen LogP contribution in [0.25, 0.3) is 0 Å². The Labute approximate surface area is 95.2 Å². The van der Waals surface area contributed by atoms with Crippen molar-refractivity contribution in [3.8, 4) is 0 Å². The minimum atomic E-state index is -0.491. The van der Waals surface area contributed by atoms with Crippen LogP contribution < -0.4 is 0 Å². The lowest BCUT2D eigenvalue weighted by Gasteiger charge is -2.34. The average Bonchev–Trinajstić information content (AvgIpc) is 2.36. The van der Waals surface area contributed by atoms with Crippen LogP contribution in [0.1, 0.15) is 49.0 Å². The van der Waals surface area contributed by atoms with Crippen LogP contribution in [0.4, 0.5) is 0 Å². The largest absolute Gasteiger partial charge is 0.384 e. The van der Waals surface area contributed by atoms with Crippen LogP contribution in [0.2, 0.25) is 0 Å². The fraction of sp³-hybridized carbons (Fsp3) is 0.429. The van der Waals surface area contributed by atoms with Gasteiger partial charge in [0.1, 0.15) is 12.2 Å². The van der Waals surface area contributed by atoms with Crippen LogP contribution in [0.15, 0.2) is 35.4 Å². The molecule has 1 aromatic rings. The Morgan fingerprint density at radius 3 is 1.69 bits per heavy atom. The second-order valence-corrected chi connectivity index (χ2v) is 4.69. The van der Waals surface area contributed by atoms with E-state index in [1.807, 2.05) is 24.3 Å². The first-order valence-corrected chi connectivity index (χ1v) is 5.96. The van der Waals surface area contributed by atoms with Gasteiger partial charge in [-0.15, -0.1) is 0 Å². The summed E-state index contributed by atoms with van der Waals surface area (Å²) in [6.45, 7) is 0. The maximum absolute atomic E-state index is 10.3. The summed E-state index contributed by atoms with van der Waals surface area (Å²) in [5.74, 6) is 0. The number of hydrogen-bond donors (Lipinski definition) is 2. The quantitative estimate of drug-likeness (QED) is 0.654. The van der Waals surface area contributed by atoms with Gasteiger partial charge >= 0.3 is 0 Å². The highest BCUT2D eigenvalue weighted by Crippen LogP contribution is 2.46. The van der Waals surface area contributed by atoms with Crippen LogP contribution in [0, 0.1) is 0 Å². The van der Waals surface area contributed by atoms with E-state index in [1.165, 1.54) is 0 Å². The smallest absolute Gasteiger partial charge is 0.101 e. The molecular formula is C14H16O2. The average molecular weight is 216 g/mol. The van der Waals surface area contributed by atoms with Crippen LogP contribution in [-0.2, 0) is 0 Å². The van der Waals surface area contributed by atoms with E-state index in [2.05, 4.69) is 0 Å². The van der Waals surface area contributed by atoms with Gasteiger partial charge in [-0.05, 0) is 48.0 Å². The van der Waals surface area contributed by atoms with Crippen LogP contribution in [-0.4, -0.2) is 10.2 Å². The van der Waals surface area contributed by atoms with Crippen molar-refractivity contribution >= 4 is 0 Å². The van der Waals surface area contributed by atoms with E-state index in [4.69, 9.17) is 0 Å². The molecule has 0 radical (unpaired) electrons. The summed E-state index contributed by atoms with van der Waals surface area (Å²) in [6, 6.07) is 7.68. The molecule has 16 heavy (non-hydrogen) atoms. The molecular weight excluding hydrogens is 200 g/mol. The molecule has 2 aliphatic carbocycles. The van der Waals surface area contributed by atoms with E-state index in [1.54, 1.807) is 0 Å². The van der Waals surface area contributed by atoms with Gasteiger partial charge in [-0.1, -0.05) is 24.3 Å². The maximum Gasteiger partial charge on any atom is 0.101 e. The van der Waals surface area contributed by atoms with E-state index in [0.717, 1.165) is 48.0 Å². The van der Waals surface area contributed by atoms with Gasteiger partial charge in [-0.2, -0.15) is 0 Å². The second kappa shape index (κ2) is 3.72. The van der Waals surface area contributed by atoms with Gasteiger partial charge in [-0.3, -0.25) is 0 Å². The third-order valence-electron chi connectivity index (χ3n) is 3.80. The van der Waals surface area contributed by atoms with Gasteiger partial charge in [-0.25, -0.2) is 0 Å². The first kappa shape index (κ1) is 10.1. The first-order chi connectivity index (χ1) is 7.79. The van der Waals surface area contributed by atoms with Gasteiger partial charge in [0.2, 0.25) is 0 Å². The predicted molar refractivity (Wildman–Crippen MR) is 61.9 cm³/mol. The van der Waals surface area contributed by atoms with Crippen molar-refractivity contribution in [2.45, 2.75) is 37.9 Å². The van der Waals surface area contributed by atoms with E-state index < -0.39 is 12.2 Å². The topological polar surface area (TPSA) is 40.5 Å². The van der Waals surface area contributed by atoms with E-state index in [-0.39, 0.29) is 0 Å². The number of hydrogen-bond acceptors (Lipinski definition) is 2. The maximum atomic E-state index is 10.3. The molecule has 1 aromatic carbocycles. The number of aliphatic hydroxyl groups is 2. The summed E-state index contributed by atoms with van der Waals surface area (Å²) in [4.78, 5) is 0. The lowest BCUT2D eigenvalue weighted by molar-refractivity contribution is 0.157. The molecule has 2 N–H and O–H groups in total. The lowest BCUT2D eigenvalue weighted by atomic mass is 9.76. The molecule has 0 fully saturated rings. The van der Waals surface area contributed by atoms with E-state index in [9.17, 15) is 10.2 Å². The minimum Gasteiger partial charge on any atom is -0.384 e. The van der Waals surface area contributed by atoms with Crippen molar-refractivity contribution in [3.63, 3.8) is 0 Å². The Morgan fingerprint density at radius 1 is 0.812 bits per heavy atom. The van der Waals surface area contributed by atoms with Gasteiger partial charge in [0.15, 0.2) is 0 Å². The van der Waals surface area contributed by atoms with Crippen molar-refractivity contribution in [3.05, 3.63) is 46.5 Å². The zero-order chi connectivity index (χ0) is 11.1. The second-order valence-electron chi connectivity index (χ2n) is 4.69. The first-order valence-electron chi connectivity index (χ1n) is 5.96. The van der Waals surface area contributed by atoms with Crippen molar-refractivity contribution in [2.24, 2.45) is 0 Å². The van der Waals surface area contributed by atoms with Crippen molar-refractivity contribution in [1.29, 1.82) is 0 Å². The summed E-state index contributed by atoms with van der Waals surface area (Å²) in [7, 11) is 0. The SMILES string of the molecule is OC1C2=C(CCCC2)C(O)c2ccccc21. The van der Waals surface area contributed by atoms with Crippen LogP contribution in [0.5, 0.6) is 0 Å². The van der Waals surface area contributed by atoms with Crippen molar-refractivity contribution < 1.29 is 10.2 Å². The van der Waals surface area contributed by atoms with Crippen molar-refractivity contribution in [1.82, 2.24) is 0 Å². The molecule has 2 atom stereocenters. The Bertz CT molecular complexity index is 407. The molecule has 0 heterocycles. The third kappa shape index (κ3) is 1.34. The fourth-order valence-corrected chi connectivity index (χ4v) is 2.96. The third-order valence-corrected chi connectivity index (χ3v) is 3.80. The molecule has 0 saturated carbocycles. The highest BCUT2D eigenvalue weighted by molar-refractivity contribution is 5.46. The number of benzene rings is 1. The zero-order valence-electron chi connectivity index (χ0n) is 9.19. The van der Waals surface area contributed by atoms with E-state index in [0.29, 0.717) is 0 Å². The van der Waals surface area contributed by atoms with Gasteiger partial charge in [0.05, 0.1) is 0 Å². The molecule has 2 aliphatic rings. The molecule has 0 amide bonds. The monoisotopic (exact) mass is 216 g/mol. The molecule has 0 spiro atoms. The summed E-state index contributed by atoms with van der Waals surface area (Å²) in [5, 5.41) is 20.6. The molecule has 0 saturated heterocycles. The fourth-order valence-electron chi connectivity index (χ4n) is 2.96. The minimum absolute atomic E-state index is 0.491. The molecule has 84 valence electrons.